The Hall–Kier alpha value is -2.19. The molecule has 2 aromatic rings. The Kier molecular flexibility index (Phi) is 4.68. The predicted octanol–water partition coefficient (Wildman–Crippen LogP) is 1.13. The second-order valence-corrected chi connectivity index (χ2v) is 8.25. The van der Waals surface area contributed by atoms with Gasteiger partial charge in [-0.15, -0.1) is 0 Å². The average molecular weight is 348 g/mol. The average Bonchev–Trinajstić information content (AvgIpc) is 2.99. The molecule has 0 bridgehead atoms. The van der Waals surface area contributed by atoms with E-state index in [1.807, 2.05) is 42.3 Å². The third kappa shape index (κ3) is 3.82. The van der Waals surface area contributed by atoms with E-state index in [1.165, 1.54) is 0 Å². The summed E-state index contributed by atoms with van der Waals surface area (Å²) in [6.07, 6.45) is 1.78. The molecule has 128 valence electrons. The molecule has 1 aliphatic heterocycles. The van der Waals surface area contributed by atoms with Crippen LogP contribution in [-0.4, -0.2) is 60.6 Å². The maximum absolute atomic E-state index is 12.3. The van der Waals surface area contributed by atoms with Gasteiger partial charge in [0.1, 0.15) is 5.82 Å². The number of aromatic amines is 1. The summed E-state index contributed by atoms with van der Waals surface area (Å²) in [5.74, 6) is 0.462. The summed E-state index contributed by atoms with van der Waals surface area (Å²) in [4.78, 5) is 14.3. The van der Waals surface area contributed by atoms with E-state index in [0.29, 0.717) is 12.4 Å². The Morgan fingerprint density at radius 1 is 1.38 bits per heavy atom. The number of nitrogens with one attached hydrogen (secondary N) is 2. The van der Waals surface area contributed by atoms with Gasteiger partial charge in [0.05, 0.1) is 17.7 Å². The SMILES string of the molecule is CN1CCS(=O)(=O)CC1CC(=O)Nc1[nH]ncc1-c1ccccc1. The number of carbonyl (C=O) groups excluding carboxylic acids is 1. The summed E-state index contributed by atoms with van der Waals surface area (Å²) in [6.45, 7) is 0.458. The van der Waals surface area contributed by atoms with Gasteiger partial charge >= 0.3 is 0 Å². The lowest BCUT2D eigenvalue weighted by Crippen LogP contribution is -2.47. The Morgan fingerprint density at radius 3 is 2.88 bits per heavy atom. The molecule has 1 fully saturated rings. The van der Waals surface area contributed by atoms with Crippen molar-refractivity contribution in [2.24, 2.45) is 0 Å². The zero-order valence-corrected chi connectivity index (χ0v) is 14.2. The van der Waals surface area contributed by atoms with Crippen molar-refractivity contribution in [2.75, 3.05) is 30.4 Å². The van der Waals surface area contributed by atoms with Gasteiger partial charge in [0.2, 0.25) is 5.91 Å². The number of carbonyl (C=O) groups is 1. The van der Waals surface area contributed by atoms with Crippen LogP contribution in [0.5, 0.6) is 0 Å². The van der Waals surface area contributed by atoms with Crippen LogP contribution in [0.4, 0.5) is 5.82 Å². The second-order valence-electron chi connectivity index (χ2n) is 6.03. The molecule has 1 saturated heterocycles. The topological polar surface area (TPSA) is 95.2 Å². The number of nitrogens with zero attached hydrogens (tertiary/aromatic N) is 2. The van der Waals surface area contributed by atoms with Crippen LogP contribution >= 0.6 is 0 Å². The molecule has 1 unspecified atom stereocenters. The van der Waals surface area contributed by atoms with E-state index in [-0.39, 0.29) is 29.9 Å². The summed E-state index contributed by atoms with van der Waals surface area (Å²) >= 11 is 0. The molecule has 1 aliphatic rings. The molecule has 1 amide bonds. The number of benzene rings is 1. The van der Waals surface area contributed by atoms with E-state index in [9.17, 15) is 13.2 Å². The Balaban J connectivity index is 1.69. The second kappa shape index (κ2) is 6.74. The third-order valence-corrected chi connectivity index (χ3v) is 5.93. The molecule has 0 aliphatic carbocycles. The van der Waals surface area contributed by atoms with E-state index < -0.39 is 9.84 Å². The van der Waals surface area contributed by atoms with E-state index in [2.05, 4.69) is 15.5 Å². The predicted molar refractivity (Wildman–Crippen MR) is 92.3 cm³/mol. The fourth-order valence-electron chi connectivity index (χ4n) is 2.81. The molecule has 0 saturated carbocycles. The normalized spacial score (nSPS) is 20.6. The first kappa shape index (κ1) is 16.7. The van der Waals surface area contributed by atoms with Crippen LogP contribution in [0, 0.1) is 0 Å². The lowest BCUT2D eigenvalue weighted by molar-refractivity contribution is -0.117. The molecule has 1 aromatic heterocycles. The van der Waals surface area contributed by atoms with Gasteiger partial charge in [-0.2, -0.15) is 5.10 Å². The minimum Gasteiger partial charge on any atom is -0.311 e. The van der Waals surface area contributed by atoms with Gasteiger partial charge < -0.3 is 10.2 Å². The van der Waals surface area contributed by atoms with Crippen LogP contribution < -0.4 is 5.32 Å². The molecule has 24 heavy (non-hydrogen) atoms. The van der Waals surface area contributed by atoms with Crippen molar-refractivity contribution < 1.29 is 13.2 Å². The number of aromatic nitrogens is 2. The Bertz CT molecular complexity index is 817. The van der Waals surface area contributed by atoms with Crippen LogP contribution in [0.2, 0.25) is 0 Å². The van der Waals surface area contributed by atoms with E-state index in [0.717, 1.165) is 11.1 Å². The van der Waals surface area contributed by atoms with Crippen molar-refractivity contribution in [3.05, 3.63) is 36.5 Å². The van der Waals surface area contributed by atoms with Gasteiger partial charge in [-0.3, -0.25) is 9.89 Å². The smallest absolute Gasteiger partial charge is 0.227 e. The number of anilines is 1. The molecule has 1 atom stereocenters. The van der Waals surface area contributed by atoms with Crippen molar-refractivity contribution in [1.82, 2.24) is 15.1 Å². The molecular formula is C16H20N4O3S. The molecule has 8 heteroatoms. The number of amides is 1. The molecule has 3 rings (SSSR count). The zero-order chi connectivity index (χ0) is 17.2. The molecule has 1 aromatic carbocycles. The maximum Gasteiger partial charge on any atom is 0.227 e. The molecular weight excluding hydrogens is 328 g/mol. The van der Waals surface area contributed by atoms with Crippen molar-refractivity contribution in [1.29, 1.82) is 0 Å². The fraction of sp³-hybridized carbons (Fsp3) is 0.375. The highest BCUT2D eigenvalue weighted by atomic mass is 32.2. The van der Waals surface area contributed by atoms with Crippen molar-refractivity contribution in [3.8, 4) is 11.1 Å². The van der Waals surface area contributed by atoms with E-state index in [1.54, 1.807) is 6.20 Å². The lowest BCUT2D eigenvalue weighted by Gasteiger charge is -2.31. The van der Waals surface area contributed by atoms with Crippen LogP contribution in [0.15, 0.2) is 36.5 Å². The van der Waals surface area contributed by atoms with Crippen molar-refractivity contribution >= 4 is 21.6 Å². The number of hydrogen-bond donors (Lipinski definition) is 2. The highest BCUT2D eigenvalue weighted by Gasteiger charge is 2.30. The van der Waals surface area contributed by atoms with Crippen LogP contribution in [0.1, 0.15) is 6.42 Å². The van der Waals surface area contributed by atoms with E-state index in [4.69, 9.17) is 0 Å². The quantitative estimate of drug-likeness (QED) is 0.864. The Labute approximate surface area is 141 Å². The molecule has 2 N–H and O–H groups in total. The summed E-state index contributed by atoms with van der Waals surface area (Å²) in [5.41, 5.74) is 1.74. The van der Waals surface area contributed by atoms with Crippen LogP contribution in [0.25, 0.3) is 11.1 Å². The highest BCUT2D eigenvalue weighted by molar-refractivity contribution is 7.91. The van der Waals surface area contributed by atoms with Crippen LogP contribution in [0.3, 0.4) is 0 Å². The van der Waals surface area contributed by atoms with Gasteiger partial charge in [-0.05, 0) is 12.6 Å². The number of hydrogen-bond acceptors (Lipinski definition) is 5. The van der Waals surface area contributed by atoms with Crippen molar-refractivity contribution in [2.45, 2.75) is 12.5 Å². The highest BCUT2D eigenvalue weighted by Crippen LogP contribution is 2.25. The number of rotatable bonds is 4. The molecule has 0 spiro atoms. The lowest BCUT2D eigenvalue weighted by atomic mass is 10.1. The fourth-order valence-corrected chi connectivity index (χ4v) is 4.50. The summed E-state index contributed by atoms with van der Waals surface area (Å²) in [6, 6.07) is 9.31. The van der Waals surface area contributed by atoms with Gasteiger partial charge in [0, 0.05) is 24.6 Å². The first-order chi connectivity index (χ1) is 11.4. The minimum absolute atomic E-state index is 0.0193. The molecule has 7 nitrogen and oxygen atoms in total. The standard InChI is InChI=1S/C16H20N4O3S/c1-20-7-8-24(22,23)11-13(20)9-15(21)18-16-14(10-17-19-16)12-5-3-2-4-6-12/h2-6,10,13H,7-9,11H2,1H3,(H2,17,18,19,21). The minimum atomic E-state index is -3.07. The van der Waals surface area contributed by atoms with Gasteiger partial charge in [-0.25, -0.2) is 8.42 Å². The number of sulfone groups is 1. The largest absolute Gasteiger partial charge is 0.311 e. The summed E-state index contributed by atoms with van der Waals surface area (Å²) in [5, 5.41) is 9.58. The number of H-pyrrole nitrogens is 1. The van der Waals surface area contributed by atoms with Crippen molar-refractivity contribution in [3.63, 3.8) is 0 Å². The Morgan fingerprint density at radius 2 is 2.12 bits per heavy atom. The van der Waals surface area contributed by atoms with Gasteiger partial charge in [0.25, 0.3) is 0 Å². The molecule has 2 heterocycles. The summed E-state index contributed by atoms with van der Waals surface area (Å²) in [7, 11) is -1.22. The van der Waals surface area contributed by atoms with Crippen LogP contribution in [-0.2, 0) is 14.6 Å². The first-order valence-corrected chi connectivity index (χ1v) is 9.56. The van der Waals surface area contributed by atoms with Gasteiger partial charge in [0.15, 0.2) is 9.84 Å². The third-order valence-electron chi connectivity index (χ3n) is 4.23. The first-order valence-electron chi connectivity index (χ1n) is 7.74. The van der Waals surface area contributed by atoms with E-state index >= 15 is 0 Å². The maximum atomic E-state index is 12.3. The monoisotopic (exact) mass is 348 g/mol. The zero-order valence-electron chi connectivity index (χ0n) is 13.4. The van der Waals surface area contributed by atoms with Gasteiger partial charge in [-0.1, -0.05) is 30.3 Å². The molecule has 0 radical (unpaired) electrons. The summed E-state index contributed by atoms with van der Waals surface area (Å²) < 4.78 is 23.5.